The molecule has 3 N–H and O–H groups in total. The van der Waals surface area contributed by atoms with Crippen molar-refractivity contribution in [2.24, 2.45) is 0 Å². The number of ketones is 2. The van der Waals surface area contributed by atoms with Crippen molar-refractivity contribution in [3.05, 3.63) is 149 Å². The van der Waals surface area contributed by atoms with Crippen LogP contribution in [0.2, 0.25) is 0 Å². The summed E-state index contributed by atoms with van der Waals surface area (Å²) in [4.78, 5) is 58.1. The fourth-order valence-electron chi connectivity index (χ4n) is 7.18. The zero-order valence-corrected chi connectivity index (χ0v) is 28.3. The lowest BCUT2D eigenvalue weighted by Crippen LogP contribution is -2.39. The van der Waals surface area contributed by atoms with Crippen LogP contribution in [0, 0.1) is 0 Å². The molecule has 2 unspecified atom stereocenters. The van der Waals surface area contributed by atoms with Crippen LogP contribution in [-0.4, -0.2) is 57.3 Å². The van der Waals surface area contributed by atoms with Crippen LogP contribution in [0.1, 0.15) is 67.9 Å². The fraction of sp³-hybridized carbons (Fsp3) is 0.195. The van der Waals surface area contributed by atoms with Crippen molar-refractivity contribution in [1.82, 2.24) is 10.3 Å². The molecule has 7 rings (SSSR count). The number of nitrogens with one attached hydrogen (secondary N) is 2. The van der Waals surface area contributed by atoms with E-state index in [4.69, 9.17) is 4.74 Å². The van der Waals surface area contributed by atoms with Gasteiger partial charge in [-0.1, -0.05) is 89.4 Å². The van der Waals surface area contributed by atoms with Gasteiger partial charge in [-0.3, -0.25) is 19.2 Å². The quantitative estimate of drug-likeness (QED) is 0.0586. The number of carbonyl (C=O) groups is 4. The van der Waals surface area contributed by atoms with E-state index in [1.807, 2.05) is 72.9 Å². The average molecular weight is 685 g/mol. The number of H-pyrrole nitrogens is 1. The maximum Gasteiger partial charge on any atom is 0.309 e. The SMILES string of the molecule is COC(=O)CC1=CC(CCCCNC2C(=O)c3ccccc3C2=O)=S(C(=O)c2ccc3cc[nH]c3c2)C1(c1ccccc1)c1cccc(O)c1. The number of hydrogen-bond acceptors (Lipinski definition) is 7. The van der Waals surface area contributed by atoms with Crippen molar-refractivity contribution in [1.29, 1.82) is 0 Å². The van der Waals surface area contributed by atoms with E-state index in [0.29, 0.717) is 53.6 Å². The molecule has 5 aromatic rings. The molecular weight excluding hydrogens is 649 g/mol. The number of esters is 1. The third-order valence-electron chi connectivity index (χ3n) is 9.51. The molecule has 252 valence electrons. The van der Waals surface area contributed by atoms with E-state index in [0.717, 1.165) is 21.3 Å². The molecule has 9 heteroatoms. The van der Waals surface area contributed by atoms with Crippen LogP contribution in [0.15, 0.2) is 121 Å². The highest BCUT2D eigenvalue weighted by Crippen LogP contribution is 2.59. The second-order valence-electron chi connectivity index (χ2n) is 12.5. The van der Waals surface area contributed by atoms with E-state index >= 15 is 4.79 Å². The summed E-state index contributed by atoms with van der Waals surface area (Å²) >= 11 is 0. The molecule has 0 saturated heterocycles. The van der Waals surface area contributed by atoms with Gasteiger partial charge in [0.1, 0.15) is 11.8 Å². The molecule has 0 spiro atoms. The van der Waals surface area contributed by atoms with E-state index in [1.54, 1.807) is 42.5 Å². The minimum Gasteiger partial charge on any atom is -0.508 e. The molecule has 50 heavy (non-hydrogen) atoms. The van der Waals surface area contributed by atoms with Gasteiger partial charge in [-0.25, -0.2) is 0 Å². The van der Waals surface area contributed by atoms with Gasteiger partial charge in [-0.2, -0.15) is 0 Å². The number of allylic oxidation sites excluding steroid dienone is 1. The number of unbranched alkanes of at least 4 members (excludes halogenated alkanes) is 1. The minimum absolute atomic E-state index is 0.0506. The molecule has 0 amide bonds. The first-order chi connectivity index (χ1) is 24.3. The van der Waals surface area contributed by atoms with E-state index in [-0.39, 0.29) is 28.9 Å². The van der Waals surface area contributed by atoms with Gasteiger partial charge in [-0.15, -0.1) is 0 Å². The Balaban J connectivity index is 1.28. The Bertz CT molecular complexity index is 2180. The summed E-state index contributed by atoms with van der Waals surface area (Å²) in [7, 11) is 0.181. The van der Waals surface area contributed by atoms with Crippen molar-refractivity contribution >= 4 is 48.9 Å². The number of aromatic amines is 1. The Morgan fingerprint density at radius 1 is 0.860 bits per heavy atom. The number of phenolic OH excluding ortho intramolecular Hbond substituents is 1. The van der Waals surface area contributed by atoms with Crippen molar-refractivity contribution in [2.75, 3.05) is 13.7 Å². The molecule has 2 atom stereocenters. The topological polar surface area (TPSA) is 126 Å². The van der Waals surface area contributed by atoms with Crippen LogP contribution in [0.5, 0.6) is 5.75 Å². The standard InChI is InChI=1S/C41H36N2O6S/c1-49-36(45)25-30-24-32(14-7-8-20-43-37-38(46)33-15-5-6-16-34(33)39(37)47)50(40(48)27-18-17-26-19-21-42-35(26)22-27)41(30,28-10-3-2-4-11-28)29-12-9-13-31(44)23-29/h2-6,9-13,15-19,21-24,37,42-44H,7-8,14,20,25H2,1H3. The van der Waals surface area contributed by atoms with Gasteiger partial charge in [-0.05, 0) is 83.1 Å². The van der Waals surface area contributed by atoms with Gasteiger partial charge in [0.15, 0.2) is 11.6 Å². The van der Waals surface area contributed by atoms with E-state index in [2.05, 4.69) is 10.3 Å². The maximum atomic E-state index is 15.1. The molecule has 1 aliphatic heterocycles. The lowest BCUT2D eigenvalue weighted by molar-refractivity contribution is -0.139. The third kappa shape index (κ3) is 5.82. The van der Waals surface area contributed by atoms with Crippen molar-refractivity contribution < 1.29 is 29.0 Å². The summed E-state index contributed by atoms with van der Waals surface area (Å²) in [5, 5.41) is 14.8. The number of methoxy groups -OCH3 is 1. The van der Waals surface area contributed by atoms with Crippen LogP contribution >= 0.6 is 10.5 Å². The zero-order chi connectivity index (χ0) is 34.8. The second kappa shape index (κ2) is 13.9. The van der Waals surface area contributed by atoms with Gasteiger partial charge in [0.2, 0.25) is 5.12 Å². The predicted octanol–water partition coefficient (Wildman–Crippen LogP) is 7.11. The van der Waals surface area contributed by atoms with Gasteiger partial charge in [0, 0.05) is 28.4 Å². The smallest absolute Gasteiger partial charge is 0.309 e. The van der Waals surface area contributed by atoms with Gasteiger partial charge < -0.3 is 20.1 Å². The lowest BCUT2D eigenvalue weighted by Gasteiger charge is -2.37. The Hall–Kier alpha value is -5.38. The Morgan fingerprint density at radius 2 is 1.58 bits per heavy atom. The summed E-state index contributed by atoms with van der Waals surface area (Å²) in [6.45, 7) is 0.434. The lowest BCUT2D eigenvalue weighted by atomic mass is 9.81. The Morgan fingerprint density at radius 3 is 2.30 bits per heavy atom. The molecule has 2 heterocycles. The molecule has 4 aromatic carbocycles. The number of fused-ring (bicyclic) bond motifs is 2. The van der Waals surface area contributed by atoms with Crippen molar-refractivity contribution in [3.63, 3.8) is 0 Å². The van der Waals surface area contributed by atoms with Crippen molar-refractivity contribution in [2.45, 2.75) is 36.5 Å². The summed E-state index contributed by atoms with van der Waals surface area (Å²) in [5.41, 5.74) is 4.52. The molecule has 0 bridgehead atoms. The number of aromatic nitrogens is 1. The van der Waals surface area contributed by atoms with E-state index in [1.165, 1.54) is 7.11 Å². The molecule has 8 nitrogen and oxygen atoms in total. The number of phenols is 1. The maximum absolute atomic E-state index is 15.1. The first-order valence-electron chi connectivity index (χ1n) is 16.6. The van der Waals surface area contributed by atoms with Gasteiger partial charge in [0.25, 0.3) is 0 Å². The van der Waals surface area contributed by atoms with Crippen LogP contribution in [0.4, 0.5) is 0 Å². The summed E-state index contributed by atoms with van der Waals surface area (Å²) in [6, 6.07) is 30.2. The summed E-state index contributed by atoms with van der Waals surface area (Å²) < 4.78 is 4.07. The third-order valence-corrected chi connectivity index (χ3v) is 12.3. The highest BCUT2D eigenvalue weighted by Gasteiger charge is 2.49. The minimum atomic E-state index is -1.17. The highest BCUT2D eigenvalue weighted by molar-refractivity contribution is 8.30. The molecule has 0 saturated carbocycles. The number of Topliss-reactive ketones (excluding diaryl/α,β-unsaturated/α-hetero) is 2. The number of rotatable bonds is 11. The van der Waals surface area contributed by atoms with E-state index < -0.39 is 27.2 Å². The van der Waals surface area contributed by atoms with Gasteiger partial charge >= 0.3 is 5.97 Å². The fourth-order valence-corrected chi connectivity index (χ4v) is 10.2. The monoisotopic (exact) mass is 684 g/mol. The number of benzene rings is 4. The number of carbonyl (C=O) groups excluding carboxylic acids is 4. The number of ether oxygens (including phenoxy) is 1. The first-order valence-corrected chi connectivity index (χ1v) is 17.8. The molecule has 2 aliphatic rings. The van der Waals surface area contributed by atoms with Crippen LogP contribution < -0.4 is 5.32 Å². The summed E-state index contributed by atoms with van der Waals surface area (Å²) in [5.74, 6) is -0.804. The van der Waals surface area contributed by atoms with E-state index in [9.17, 15) is 19.5 Å². The molecule has 0 fully saturated rings. The zero-order valence-electron chi connectivity index (χ0n) is 27.5. The molecule has 1 aliphatic carbocycles. The van der Waals surface area contributed by atoms with Gasteiger partial charge in [0.05, 0.1) is 18.3 Å². The van der Waals surface area contributed by atoms with Crippen molar-refractivity contribution in [3.8, 4) is 5.75 Å². The Labute approximate surface area is 292 Å². The Kier molecular flexibility index (Phi) is 9.18. The van der Waals surface area contributed by atoms with Crippen LogP contribution in [-0.2, 0) is 14.3 Å². The first kappa shape index (κ1) is 33.1. The highest BCUT2D eigenvalue weighted by atomic mass is 32.2. The molecule has 1 aromatic heterocycles. The average Bonchev–Trinajstić information content (AvgIpc) is 3.81. The molecule has 0 radical (unpaired) electrons. The number of hydrogen-bond donors (Lipinski definition) is 3. The second-order valence-corrected chi connectivity index (χ2v) is 14.6. The summed E-state index contributed by atoms with van der Waals surface area (Å²) in [6.07, 6.45) is 5.61. The normalized spacial score (nSPS) is 18.8. The van der Waals surface area contributed by atoms with Crippen LogP contribution in [0.3, 0.4) is 0 Å². The predicted molar refractivity (Wildman–Crippen MR) is 196 cm³/mol. The largest absolute Gasteiger partial charge is 0.508 e. The molecular formula is C41H36N2O6S. The van der Waals surface area contributed by atoms with Crippen LogP contribution in [0.25, 0.3) is 10.9 Å². The number of aromatic hydroxyl groups is 1.